The minimum absolute atomic E-state index is 0.0163. The lowest BCUT2D eigenvalue weighted by molar-refractivity contribution is -0.114. The summed E-state index contributed by atoms with van der Waals surface area (Å²) in [6, 6.07) is 10.0. The van der Waals surface area contributed by atoms with Crippen molar-refractivity contribution >= 4 is 17.6 Å². The summed E-state index contributed by atoms with van der Waals surface area (Å²) in [6.07, 6.45) is 3.27. The molecule has 2 heterocycles. The van der Waals surface area contributed by atoms with Crippen LogP contribution in [0, 0.1) is 13.8 Å². The number of rotatable bonds is 5. The predicted octanol–water partition coefficient (Wildman–Crippen LogP) is 2.68. The summed E-state index contributed by atoms with van der Waals surface area (Å²) in [7, 11) is 0. The summed E-state index contributed by atoms with van der Waals surface area (Å²) in [6.45, 7) is 9.05. The average molecular weight is 396 g/mol. The van der Waals surface area contributed by atoms with E-state index in [1.54, 1.807) is 24.5 Å². The number of guanidine groups is 1. The number of aromatic nitrogens is 1. The van der Waals surface area contributed by atoms with Crippen LogP contribution in [0.2, 0.25) is 0 Å². The number of aliphatic imine (C=N–C) groups is 1. The summed E-state index contributed by atoms with van der Waals surface area (Å²) >= 11 is 0. The molecule has 2 N–H and O–H groups in total. The topological polar surface area (TPSA) is 78.8 Å². The van der Waals surface area contributed by atoms with E-state index in [2.05, 4.69) is 57.6 Å². The van der Waals surface area contributed by atoms with Crippen LogP contribution in [0.3, 0.4) is 0 Å². The van der Waals surface area contributed by atoms with E-state index in [1.807, 2.05) is 6.92 Å². The fourth-order valence-corrected chi connectivity index (χ4v) is 3.43. The van der Waals surface area contributed by atoms with Crippen LogP contribution in [0.15, 0.2) is 47.7 Å². The number of hydrogen-bond donors (Lipinski definition) is 2. The summed E-state index contributed by atoms with van der Waals surface area (Å²) in [5.41, 5.74) is 4.34. The summed E-state index contributed by atoms with van der Waals surface area (Å²) < 4.78 is 6.04. The van der Waals surface area contributed by atoms with Crippen molar-refractivity contribution in [2.45, 2.75) is 26.9 Å². The summed E-state index contributed by atoms with van der Waals surface area (Å²) in [4.78, 5) is 23.0. The van der Waals surface area contributed by atoms with Crippen LogP contribution in [0.1, 0.15) is 29.7 Å². The Hall–Kier alpha value is -2.93. The molecule has 1 aromatic heterocycles. The molecule has 1 atom stereocenters. The summed E-state index contributed by atoms with van der Waals surface area (Å²) in [5, 5.41) is 6.11. The average Bonchev–Trinajstić information content (AvgIpc) is 2.72. The molecule has 1 saturated heterocycles. The van der Waals surface area contributed by atoms with Crippen molar-refractivity contribution in [2.75, 3.05) is 38.1 Å². The van der Waals surface area contributed by atoms with Gasteiger partial charge < -0.3 is 20.3 Å². The first-order valence-electron chi connectivity index (χ1n) is 9.98. The molecule has 0 bridgehead atoms. The van der Waals surface area contributed by atoms with Crippen molar-refractivity contribution in [2.24, 2.45) is 4.99 Å². The van der Waals surface area contributed by atoms with Gasteiger partial charge in [-0.3, -0.25) is 9.78 Å². The molecule has 3 rings (SSSR count). The SMILES string of the molecule is CCNC(=NCC(=O)Nc1cccnc1)N1CCOC(c2ccc(C)cc2C)C1. The van der Waals surface area contributed by atoms with Gasteiger partial charge in [-0.1, -0.05) is 23.8 Å². The lowest BCUT2D eigenvalue weighted by atomic mass is 10.00. The van der Waals surface area contributed by atoms with E-state index in [4.69, 9.17) is 4.74 Å². The number of aryl methyl sites for hydroxylation is 2. The summed E-state index contributed by atoms with van der Waals surface area (Å²) in [5.74, 6) is 0.555. The minimum Gasteiger partial charge on any atom is -0.370 e. The lowest BCUT2D eigenvalue weighted by Gasteiger charge is -2.35. The third-order valence-corrected chi connectivity index (χ3v) is 4.79. The third-order valence-electron chi connectivity index (χ3n) is 4.79. The first-order chi connectivity index (χ1) is 14.1. The van der Waals surface area contributed by atoms with E-state index >= 15 is 0 Å². The Morgan fingerprint density at radius 3 is 2.93 bits per heavy atom. The second-order valence-corrected chi connectivity index (χ2v) is 7.13. The highest BCUT2D eigenvalue weighted by atomic mass is 16.5. The molecule has 1 aliphatic rings. The van der Waals surface area contributed by atoms with E-state index < -0.39 is 0 Å². The third kappa shape index (κ3) is 5.77. The number of nitrogens with zero attached hydrogens (tertiary/aromatic N) is 3. The second kappa shape index (κ2) is 10.0. The molecular weight excluding hydrogens is 366 g/mol. The van der Waals surface area contributed by atoms with Gasteiger partial charge in [0.05, 0.1) is 25.0 Å². The number of carbonyl (C=O) groups is 1. The number of morpholine rings is 1. The van der Waals surface area contributed by atoms with Crippen LogP contribution in [0.25, 0.3) is 0 Å². The van der Waals surface area contributed by atoms with Crippen molar-refractivity contribution in [3.8, 4) is 0 Å². The number of ether oxygens (including phenoxy) is 1. The van der Waals surface area contributed by atoms with Gasteiger partial charge in [0.2, 0.25) is 5.91 Å². The van der Waals surface area contributed by atoms with Crippen molar-refractivity contribution in [1.29, 1.82) is 0 Å². The number of benzene rings is 1. The van der Waals surface area contributed by atoms with Gasteiger partial charge in [0.25, 0.3) is 0 Å². The lowest BCUT2D eigenvalue weighted by Crippen LogP contribution is -2.48. The van der Waals surface area contributed by atoms with Crippen LogP contribution in [-0.4, -0.2) is 54.5 Å². The molecule has 0 radical (unpaired) electrons. The van der Waals surface area contributed by atoms with Gasteiger partial charge >= 0.3 is 0 Å². The molecule has 7 heteroatoms. The first kappa shape index (κ1) is 20.8. The number of hydrogen-bond acceptors (Lipinski definition) is 4. The smallest absolute Gasteiger partial charge is 0.246 e. The van der Waals surface area contributed by atoms with Gasteiger partial charge in [-0.2, -0.15) is 0 Å². The first-order valence-corrected chi connectivity index (χ1v) is 9.98. The van der Waals surface area contributed by atoms with Crippen LogP contribution < -0.4 is 10.6 Å². The molecule has 1 aromatic carbocycles. The Bertz CT molecular complexity index is 854. The van der Waals surface area contributed by atoms with Crippen LogP contribution in [0.5, 0.6) is 0 Å². The molecule has 0 aliphatic carbocycles. The molecule has 0 saturated carbocycles. The van der Waals surface area contributed by atoms with Crippen molar-refractivity contribution in [3.05, 3.63) is 59.4 Å². The van der Waals surface area contributed by atoms with E-state index in [0.717, 1.165) is 19.0 Å². The highest BCUT2D eigenvalue weighted by Crippen LogP contribution is 2.25. The molecule has 29 heavy (non-hydrogen) atoms. The van der Waals surface area contributed by atoms with E-state index in [0.29, 0.717) is 18.8 Å². The second-order valence-electron chi connectivity index (χ2n) is 7.13. The fraction of sp³-hybridized carbons (Fsp3) is 0.409. The van der Waals surface area contributed by atoms with Crippen molar-refractivity contribution in [1.82, 2.24) is 15.2 Å². The number of pyridine rings is 1. The molecule has 1 aliphatic heterocycles. The molecular formula is C22H29N5O2. The number of nitrogens with one attached hydrogen (secondary N) is 2. The van der Waals surface area contributed by atoms with Crippen LogP contribution >= 0.6 is 0 Å². The van der Waals surface area contributed by atoms with Gasteiger partial charge in [-0.05, 0) is 44.0 Å². The molecule has 7 nitrogen and oxygen atoms in total. The quantitative estimate of drug-likeness (QED) is 0.601. The van der Waals surface area contributed by atoms with E-state index in [1.165, 1.54) is 16.7 Å². The Labute approximate surface area is 172 Å². The standard InChI is InChI=1S/C22H29N5O2/c1-4-24-22(25-14-21(28)26-18-6-5-9-23-13-18)27-10-11-29-20(15-27)19-8-7-16(2)12-17(19)3/h5-9,12-13,20H,4,10-11,14-15H2,1-3H3,(H,24,25)(H,26,28). The van der Waals surface area contributed by atoms with Crippen LogP contribution in [-0.2, 0) is 9.53 Å². The zero-order valence-electron chi connectivity index (χ0n) is 17.3. The number of anilines is 1. The molecule has 154 valence electrons. The zero-order valence-corrected chi connectivity index (χ0v) is 17.3. The minimum atomic E-state index is -0.174. The largest absolute Gasteiger partial charge is 0.370 e. The highest BCUT2D eigenvalue weighted by Gasteiger charge is 2.25. The predicted molar refractivity (Wildman–Crippen MR) is 115 cm³/mol. The molecule has 2 aromatic rings. The number of amides is 1. The van der Waals surface area contributed by atoms with Crippen LogP contribution in [0.4, 0.5) is 5.69 Å². The van der Waals surface area contributed by atoms with Gasteiger partial charge in [0.15, 0.2) is 5.96 Å². The van der Waals surface area contributed by atoms with E-state index in [-0.39, 0.29) is 18.6 Å². The van der Waals surface area contributed by atoms with Crippen molar-refractivity contribution in [3.63, 3.8) is 0 Å². The molecule has 1 amide bonds. The Morgan fingerprint density at radius 2 is 2.21 bits per heavy atom. The molecule has 1 unspecified atom stereocenters. The number of carbonyl (C=O) groups excluding carboxylic acids is 1. The van der Waals surface area contributed by atoms with Gasteiger partial charge in [-0.25, -0.2) is 4.99 Å². The Kier molecular flexibility index (Phi) is 7.19. The maximum Gasteiger partial charge on any atom is 0.246 e. The zero-order chi connectivity index (χ0) is 20.6. The normalized spacial score (nSPS) is 17.1. The van der Waals surface area contributed by atoms with Crippen molar-refractivity contribution < 1.29 is 9.53 Å². The molecule has 0 spiro atoms. The van der Waals surface area contributed by atoms with Gasteiger partial charge in [0, 0.05) is 19.3 Å². The van der Waals surface area contributed by atoms with E-state index in [9.17, 15) is 4.79 Å². The highest BCUT2D eigenvalue weighted by molar-refractivity contribution is 5.93. The Morgan fingerprint density at radius 1 is 1.34 bits per heavy atom. The molecule has 1 fully saturated rings. The van der Waals surface area contributed by atoms with Gasteiger partial charge in [-0.15, -0.1) is 0 Å². The fourth-order valence-electron chi connectivity index (χ4n) is 3.43. The van der Waals surface area contributed by atoms with Gasteiger partial charge in [0.1, 0.15) is 12.6 Å². The monoisotopic (exact) mass is 395 g/mol. The Balaban J connectivity index is 1.67. The maximum atomic E-state index is 12.2. The maximum absolute atomic E-state index is 12.2.